The number of nitrogens with one attached hydrogen (secondary N) is 1. The molecule has 4 rings (SSSR count). The zero-order valence-corrected chi connectivity index (χ0v) is 15.5. The average molecular weight is 373 g/mol. The molecule has 0 aliphatic carbocycles. The van der Waals surface area contributed by atoms with Crippen molar-refractivity contribution in [1.29, 1.82) is 0 Å². The number of carbonyl (C=O) groups excluding carboxylic acids is 1. The number of hydrogen-bond donors (Lipinski definition) is 1. The highest BCUT2D eigenvalue weighted by Crippen LogP contribution is 2.25. The molecule has 4 aromatic rings. The molecule has 134 valence electrons. The van der Waals surface area contributed by atoms with E-state index in [0.29, 0.717) is 18.1 Å². The van der Waals surface area contributed by atoms with E-state index in [2.05, 4.69) is 35.6 Å². The number of rotatable bonds is 6. The highest BCUT2D eigenvalue weighted by atomic mass is 32.2. The van der Waals surface area contributed by atoms with E-state index in [1.165, 1.54) is 10.3 Å². The number of amides is 1. The van der Waals surface area contributed by atoms with E-state index < -0.39 is 0 Å². The molecule has 1 aromatic heterocycles. The minimum Gasteiger partial charge on any atom is -0.459 e. The predicted octanol–water partition coefficient (Wildman–Crippen LogP) is 5.66. The lowest BCUT2D eigenvalue weighted by Crippen LogP contribution is -2.23. The van der Waals surface area contributed by atoms with E-state index in [1.807, 2.05) is 48.5 Å². The summed E-state index contributed by atoms with van der Waals surface area (Å²) < 4.78 is 5.47. The predicted molar refractivity (Wildman–Crippen MR) is 110 cm³/mol. The van der Waals surface area contributed by atoms with Gasteiger partial charge in [-0.1, -0.05) is 60.7 Å². The first-order valence-corrected chi connectivity index (χ1v) is 9.79. The maximum Gasteiger partial charge on any atom is 0.287 e. The molecule has 4 heteroatoms. The SMILES string of the molecule is O=C(NCc1cccc2ccccc12)c1occc1CSc1ccccc1. The topological polar surface area (TPSA) is 42.2 Å². The lowest BCUT2D eigenvalue weighted by atomic mass is 10.0. The molecule has 0 saturated heterocycles. The molecule has 1 N–H and O–H groups in total. The molecular formula is C23H19NO2S. The smallest absolute Gasteiger partial charge is 0.287 e. The summed E-state index contributed by atoms with van der Waals surface area (Å²) >= 11 is 1.69. The largest absolute Gasteiger partial charge is 0.459 e. The fourth-order valence-corrected chi connectivity index (χ4v) is 3.93. The number of furan rings is 1. The van der Waals surface area contributed by atoms with E-state index in [1.54, 1.807) is 18.0 Å². The molecule has 0 atom stereocenters. The van der Waals surface area contributed by atoms with Gasteiger partial charge in [0.15, 0.2) is 5.76 Å². The van der Waals surface area contributed by atoms with Crippen LogP contribution >= 0.6 is 11.8 Å². The van der Waals surface area contributed by atoms with Gasteiger partial charge in [-0.3, -0.25) is 4.79 Å². The first-order valence-electron chi connectivity index (χ1n) is 8.80. The lowest BCUT2D eigenvalue weighted by molar-refractivity contribution is 0.0922. The van der Waals surface area contributed by atoms with Crippen LogP contribution in [0.4, 0.5) is 0 Å². The summed E-state index contributed by atoms with van der Waals surface area (Å²) in [4.78, 5) is 13.8. The van der Waals surface area contributed by atoms with Gasteiger partial charge >= 0.3 is 0 Å². The molecule has 0 aliphatic heterocycles. The van der Waals surface area contributed by atoms with Crippen molar-refractivity contribution < 1.29 is 9.21 Å². The Balaban J connectivity index is 1.44. The first-order chi connectivity index (χ1) is 13.3. The van der Waals surface area contributed by atoms with Gasteiger partial charge in [0.1, 0.15) is 0 Å². The summed E-state index contributed by atoms with van der Waals surface area (Å²) in [6.07, 6.45) is 1.58. The van der Waals surface area contributed by atoms with Gasteiger partial charge in [0.2, 0.25) is 0 Å². The van der Waals surface area contributed by atoms with Crippen molar-refractivity contribution in [2.45, 2.75) is 17.2 Å². The molecule has 0 saturated carbocycles. The monoisotopic (exact) mass is 373 g/mol. The Kier molecular flexibility index (Phi) is 5.26. The van der Waals surface area contributed by atoms with E-state index in [-0.39, 0.29) is 5.91 Å². The van der Waals surface area contributed by atoms with Crippen LogP contribution in [0, 0.1) is 0 Å². The number of fused-ring (bicyclic) bond motifs is 1. The second-order valence-electron chi connectivity index (χ2n) is 6.20. The fraction of sp³-hybridized carbons (Fsp3) is 0.0870. The van der Waals surface area contributed by atoms with Gasteiger partial charge in [-0.2, -0.15) is 0 Å². The van der Waals surface area contributed by atoms with Gasteiger partial charge < -0.3 is 9.73 Å². The van der Waals surface area contributed by atoms with Crippen LogP contribution in [0.5, 0.6) is 0 Å². The van der Waals surface area contributed by atoms with Gasteiger partial charge in [0.05, 0.1) is 6.26 Å². The summed E-state index contributed by atoms with van der Waals surface area (Å²) in [6, 6.07) is 26.3. The van der Waals surface area contributed by atoms with E-state index in [4.69, 9.17) is 4.42 Å². The van der Waals surface area contributed by atoms with Crippen molar-refractivity contribution >= 4 is 28.4 Å². The standard InChI is InChI=1S/C23H19NO2S/c25-23(24-15-18-9-6-8-17-7-4-5-12-21(17)18)22-19(13-14-26-22)16-27-20-10-2-1-3-11-20/h1-14H,15-16H2,(H,24,25). The van der Waals surface area contributed by atoms with Crippen molar-refractivity contribution in [3.8, 4) is 0 Å². The van der Waals surface area contributed by atoms with Gasteiger partial charge in [-0.25, -0.2) is 0 Å². The van der Waals surface area contributed by atoms with Crippen molar-refractivity contribution in [2.24, 2.45) is 0 Å². The molecule has 0 spiro atoms. The minimum atomic E-state index is -0.184. The Morgan fingerprint density at radius 2 is 1.63 bits per heavy atom. The molecule has 0 unspecified atom stereocenters. The quantitative estimate of drug-likeness (QED) is 0.444. The van der Waals surface area contributed by atoms with E-state index >= 15 is 0 Å². The summed E-state index contributed by atoms with van der Waals surface area (Å²) in [7, 11) is 0. The Hall–Kier alpha value is -2.98. The van der Waals surface area contributed by atoms with Crippen molar-refractivity contribution in [1.82, 2.24) is 5.32 Å². The number of carbonyl (C=O) groups is 1. The minimum absolute atomic E-state index is 0.184. The number of hydrogen-bond acceptors (Lipinski definition) is 3. The third-order valence-corrected chi connectivity index (χ3v) is 5.47. The van der Waals surface area contributed by atoms with Crippen LogP contribution in [0.2, 0.25) is 0 Å². The van der Waals surface area contributed by atoms with Crippen molar-refractivity contribution in [3.63, 3.8) is 0 Å². The average Bonchev–Trinajstić information content (AvgIpc) is 3.20. The van der Waals surface area contributed by atoms with Crippen LogP contribution < -0.4 is 5.32 Å². The maximum atomic E-state index is 12.6. The molecule has 1 amide bonds. The molecule has 1 heterocycles. The highest BCUT2D eigenvalue weighted by molar-refractivity contribution is 7.98. The third-order valence-electron chi connectivity index (χ3n) is 4.41. The van der Waals surface area contributed by atoms with Crippen LogP contribution in [0.15, 0.2) is 94.4 Å². The molecule has 3 aromatic carbocycles. The Morgan fingerprint density at radius 3 is 2.52 bits per heavy atom. The van der Waals surface area contributed by atoms with Crippen LogP contribution in [-0.4, -0.2) is 5.91 Å². The second-order valence-corrected chi connectivity index (χ2v) is 7.25. The van der Waals surface area contributed by atoms with Gasteiger partial charge in [-0.15, -0.1) is 11.8 Å². The summed E-state index contributed by atoms with van der Waals surface area (Å²) in [5.41, 5.74) is 1.99. The molecule has 27 heavy (non-hydrogen) atoms. The summed E-state index contributed by atoms with van der Waals surface area (Å²) in [5, 5.41) is 5.31. The Morgan fingerprint density at radius 1 is 0.852 bits per heavy atom. The maximum absolute atomic E-state index is 12.6. The molecule has 0 bridgehead atoms. The zero-order valence-electron chi connectivity index (χ0n) is 14.7. The van der Waals surface area contributed by atoms with Crippen LogP contribution in [-0.2, 0) is 12.3 Å². The normalized spacial score (nSPS) is 10.8. The summed E-state index contributed by atoms with van der Waals surface area (Å²) in [6.45, 7) is 0.464. The molecule has 0 radical (unpaired) electrons. The molecule has 0 aliphatic rings. The van der Waals surface area contributed by atoms with Gasteiger partial charge in [0, 0.05) is 22.8 Å². The van der Waals surface area contributed by atoms with Crippen molar-refractivity contribution in [3.05, 3.63) is 102 Å². The number of thioether (sulfide) groups is 1. The van der Waals surface area contributed by atoms with Crippen LogP contribution in [0.25, 0.3) is 10.8 Å². The van der Waals surface area contributed by atoms with Gasteiger partial charge in [0.25, 0.3) is 5.91 Å². The van der Waals surface area contributed by atoms with Gasteiger partial charge in [-0.05, 0) is 34.5 Å². The third kappa shape index (κ3) is 4.07. The lowest BCUT2D eigenvalue weighted by Gasteiger charge is -2.08. The summed E-state index contributed by atoms with van der Waals surface area (Å²) in [5.74, 6) is 0.896. The fourth-order valence-electron chi connectivity index (χ4n) is 3.03. The van der Waals surface area contributed by atoms with Crippen molar-refractivity contribution in [2.75, 3.05) is 0 Å². The first kappa shape index (κ1) is 17.4. The van der Waals surface area contributed by atoms with E-state index in [0.717, 1.165) is 16.5 Å². The zero-order chi connectivity index (χ0) is 18.5. The molecule has 0 fully saturated rings. The molecular weight excluding hydrogens is 354 g/mol. The molecule has 3 nitrogen and oxygen atoms in total. The van der Waals surface area contributed by atoms with E-state index in [9.17, 15) is 4.79 Å². The second kappa shape index (κ2) is 8.14. The Labute approximate surface area is 162 Å². The van der Waals surface area contributed by atoms with Crippen LogP contribution in [0.1, 0.15) is 21.7 Å². The Bertz CT molecular complexity index is 1050. The highest BCUT2D eigenvalue weighted by Gasteiger charge is 2.15. The van der Waals surface area contributed by atoms with Crippen LogP contribution in [0.3, 0.4) is 0 Å². The number of benzene rings is 3.